The predicted molar refractivity (Wildman–Crippen MR) is 89.0 cm³/mol. The van der Waals surface area contributed by atoms with Crippen molar-refractivity contribution in [3.8, 4) is 0 Å². The van der Waals surface area contributed by atoms with E-state index in [4.69, 9.17) is 11.6 Å². The molecular formula is C19H16ClNO2. The Morgan fingerprint density at radius 3 is 2.43 bits per heavy atom. The van der Waals surface area contributed by atoms with Gasteiger partial charge in [0.15, 0.2) is 5.78 Å². The second-order valence-corrected chi connectivity index (χ2v) is 6.74. The number of carbonyl (C=O) groups is 2. The number of carbonyl (C=O) groups excluding carboxylic acids is 2. The van der Waals surface area contributed by atoms with E-state index in [2.05, 4.69) is 12.1 Å². The highest BCUT2D eigenvalue weighted by molar-refractivity contribution is 6.31. The van der Waals surface area contributed by atoms with Gasteiger partial charge in [0.2, 0.25) is 0 Å². The molecule has 0 atom stereocenters. The molecule has 2 aliphatic rings. The standard InChI is InChI=1S/C19H16ClNO2/c1-11(22)16-8-14(20)9-17-18(16)10-21(19(17)23)15-6-12-4-2-3-5-13(12)7-15/h2-5,8-9,15H,6-7,10H2,1H3. The van der Waals surface area contributed by atoms with Crippen LogP contribution in [0.3, 0.4) is 0 Å². The van der Waals surface area contributed by atoms with E-state index in [0.29, 0.717) is 22.7 Å². The molecule has 0 saturated heterocycles. The molecular weight excluding hydrogens is 310 g/mol. The van der Waals surface area contributed by atoms with Crippen molar-refractivity contribution in [3.05, 3.63) is 69.2 Å². The van der Waals surface area contributed by atoms with Crippen LogP contribution < -0.4 is 0 Å². The average Bonchev–Trinajstić information content (AvgIpc) is 3.08. The van der Waals surface area contributed by atoms with Crippen LogP contribution in [0.2, 0.25) is 5.02 Å². The first-order valence-electron chi connectivity index (χ1n) is 7.75. The zero-order valence-corrected chi connectivity index (χ0v) is 13.6. The predicted octanol–water partition coefficient (Wildman–Crippen LogP) is 3.67. The van der Waals surface area contributed by atoms with Crippen molar-refractivity contribution < 1.29 is 9.59 Å². The summed E-state index contributed by atoms with van der Waals surface area (Å²) in [5, 5.41) is 0.443. The molecule has 0 unspecified atom stereocenters. The summed E-state index contributed by atoms with van der Waals surface area (Å²) in [5.41, 5.74) is 4.59. The monoisotopic (exact) mass is 325 g/mol. The van der Waals surface area contributed by atoms with Crippen LogP contribution in [-0.2, 0) is 19.4 Å². The van der Waals surface area contributed by atoms with Crippen molar-refractivity contribution in [2.75, 3.05) is 0 Å². The molecule has 1 aliphatic carbocycles. The van der Waals surface area contributed by atoms with Crippen molar-refractivity contribution in [2.45, 2.75) is 32.4 Å². The van der Waals surface area contributed by atoms with Gasteiger partial charge in [0, 0.05) is 28.7 Å². The largest absolute Gasteiger partial charge is 0.331 e. The molecule has 2 aromatic rings. The van der Waals surface area contributed by atoms with E-state index in [1.165, 1.54) is 18.1 Å². The number of halogens is 1. The van der Waals surface area contributed by atoms with Gasteiger partial charge in [-0.1, -0.05) is 35.9 Å². The van der Waals surface area contributed by atoms with E-state index in [0.717, 1.165) is 18.4 Å². The average molecular weight is 326 g/mol. The lowest BCUT2D eigenvalue weighted by molar-refractivity contribution is 0.0709. The first-order chi connectivity index (χ1) is 11.0. The molecule has 0 fully saturated rings. The van der Waals surface area contributed by atoms with E-state index < -0.39 is 0 Å². The van der Waals surface area contributed by atoms with Crippen LogP contribution in [0.1, 0.15) is 44.3 Å². The molecule has 1 aliphatic heterocycles. The van der Waals surface area contributed by atoms with Crippen LogP contribution in [0.5, 0.6) is 0 Å². The molecule has 116 valence electrons. The number of benzene rings is 2. The third-order valence-corrected chi connectivity index (χ3v) is 5.10. The van der Waals surface area contributed by atoms with Crippen LogP contribution >= 0.6 is 11.6 Å². The molecule has 1 amide bonds. The molecule has 0 N–H and O–H groups in total. The lowest BCUT2D eigenvalue weighted by Gasteiger charge is -2.23. The minimum Gasteiger partial charge on any atom is -0.331 e. The van der Waals surface area contributed by atoms with Gasteiger partial charge in [-0.2, -0.15) is 0 Å². The fourth-order valence-electron chi connectivity index (χ4n) is 3.76. The maximum absolute atomic E-state index is 12.8. The van der Waals surface area contributed by atoms with E-state index in [-0.39, 0.29) is 17.7 Å². The number of Topliss-reactive ketones (excluding diaryl/α,β-unsaturated/α-hetero) is 1. The first-order valence-corrected chi connectivity index (χ1v) is 8.13. The molecule has 0 bridgehead atoms. The lowest BCUT2D eigenvalue weighted by Crippen LogP contribution is -2.36. The summed E-state index contributed by atoms with van der Waals surface area (Å²) in [5.74, 6) is -0.0593. The summed E-state index contributed by atoms with van der Waals surface area (Å²) in [7, 11) is 0. The Bertz CT molecular complexity index is 818. The zero-order valence-electron chi connectivity index (χ0n) is 12.8. The molecule has 3 nitrogen and oxygen atoms in total. The second kappa shape index (κ2) is 5.20. The SMILES string of the molecule is CC(=O)c1cc(Cl)cc2c1CN(C1Cc3ccccc3C1)C2=O. The van der Waals surface area contributed by atoms with Gasteiger partial charge in [0.25, 0.3) is 5.91 Å². The number of hydrogen-bond acceptors (Lipinski definition) is 2. The van der Waals surface area contributed by atoms with Crippen LogP contribution in [0, 0.1) is 0 Å². The number of nitrogens with zero attached hydrogens (tertiary/aromatic N) is 1. The first kappa shape index (κ1) is 14.5. The minimum atomic E-state index is -0.0480. The number of hydrogen-bond donors (Lipinski definition) is 0. The maximum atomic E-state index is 12.8. The van der Waals surface area contributed by atoms with Gasteiger partial charge in [0.1, 0.15) is 0 Å². The fourth-order valence-corrected chi connectivity index (χ4v) is 3.98. The smallest absolute Gasteiger partial charge is 0.254 e. The highest BCUT2D eigenvalue weighted by Crippen LogP contribution is 2.34. The summed E-state index contributed by atoms with van der Waals surface area (Å²) in [6.45, 7) is 2.02. The molecule has 2 aromatic carbocycles. The molecule has 0 aromatic heterocycles. The van der Waals surface area contributed by atoms with Crippen molar-refractivity contribution in [1.82, 2.24) is 4.90 Å². The lowest BCUT2D eigenvalue weighted by atomic mass is 10.0. The zero-order chi connectivity index (χ0) is 16.1. The van der Waals surface area contributed by atoms with Gasteiger partial charge in [-0.25, -0.2) is 0 Å². The van der Waals surface area contributed by atoms with Gasteiger partial charge >= 0.3 is 0 Å². The molecule has 4 rings (SSSR count). The Morgan fingerprint density at radius 2 is 1.83 bits per heavy atom. The van der Waals surface area contributed by atoms with E-state index in [9.17, 15) is 9.59 Å². The molecule has 1 heterocycles. The maximum Gasteiger partial charge on any atom is 0.254 e. The van der Waals surface area contributed by atoms with Crippen LogP contribution in [0.25, 0.3) is 0 Å². The van der Waals surface area contributed by atoms with Crippen molar-refractivity contribution in [2.24, 2.45) is 0 Å². The number of ketones is 1. The van der Waals surface area contributed by atoms with E-state index >= 15 is 0 Å². The van der Waals surface area contributed by atoms with Crippen LogP contribution in [-0.4, -0.2) is 22.6 Å². The van der Waals surface area contributed by atoms with Gasteiger partial charge < -0.3 is 4.90 Å². The minimum absolute atomic E-state index is 0.0113. The quantitative estimate of drug-likeness (QED) is 0.790. The molecule has 0 saturated carbocycles. The van der Waals surface area contributed by atoms with E-state index in [1.807, 2.05) is 17.0 Å². The summed E-state index contributed by atoms with van der Waals surface area (Å²) in [6.07, 6.45) is 1.75. The molecule has 4 heteroatoms. The number of fused-ring (bicyclic) bond motifs is 2. The number of rotatable bonds is 2. The van der Waals surface area contributed by atoms with Gasteiger partial charge in [-0.3, -0.25) is 9.59 Å². The van der Waals surface area contributed by atoms with Crippen LogP contribution in [0.15, 0.2) is 36.4 Å². The number of amides is 1. The highest BCUT2D eigenvalue weighted by Gasteiger charge is 2.37. The summed E-state index contributed by atoms with van der Waals surface area (Å²) >= 11 is 6.10. The molecule has 23 heavy (non-hydrogen) atoms. The van der Waals surface area contributed by atoms with Crippen molar-refractivity contribution in [3.63, 3.8) is 0 Å². The van der Waals surface area contributed by atoms with Crippen molar-refractivity contribution >= 4 is 23.3 Å². The second-order valence-electron chi connectivity index (χ2n) is 6.30. The highest BCUT2D eigenvalue weighted by atomic mass is 35.5. The Morgan fingerprint density at radius 1 is 1.17 bits per heavy atom. The van der Waals surface area contributed by atoms with E-state index in [1.54, 1.807) is 12.1 Å². The fraction of sp³-hybridized carbons (Fsp3) is 0.263. The Hall–Kier alpha value is -2.13. The van der Waals surface area contributed by atoms with Gasteiger partial charge in [-0.05, 0) is 48.6 Å². The Balaban J connectivity index is 1.69. The van der Waals surface area contributed by atoms with Gasteiger partial charge in [0.05, 0.1) is 0 Å². The van der Waals surface area contributed by atoms with Gasteiger partial charge in [-0.15, -0.1) is 0 Å². The topological polar surface area (TPSA) is 37.4 Å². The summed E-state index contributed by atoms with van der Waals surface area (Å²) < 4.78 is 0. The summed E-state index contributed by atoms with van der Waals surface area (Å²) in [6, 6.07) is 11.8. The normalized spacial score (nSPS) is 16.6. The molecule has 0 spiro atoms. The third kappa shape index (κ3) is 2.27. The third-order valence-electron chi connectivity index (χ3n) is 4.88. The van der Waals surface area contributed by atoms with Crippen molar-refractivity contribution in [1.29, 1.82) is 0 Å². The van der Waals surface area contributed by atoms with Crippen LogP contribution in [0.4, 0.5) is 0 Å². The Labute approximate surface area is 139 Å². The Kier molecular flexibility index (Phi) is 3.27. The molecule has 0 radical (unpaired) electrons. The summed E-state index contributed by atoms with van der Waals surface area (Å²) in [4.78, 5) is 26.6.